The first kappa shape index (κ1) is 19.9. The Morgan fingerprint density at radius 2 is 1.78 bits per heavy atom. The Morgan fingerprint density at radius 1 is 1.11 bits per heavy atom. The van der Waals surface area contributed by atoms with Crippen molar-refractivity contribution in [1.82, 2.24) is 9.62 Å². The predicted molar refractivity (Wildman–Crippen MR) is 103 cm³/mol. The number of benzene rings is 2. The molecule has 1 heterocycles. The molecule has 1 aliphatic heterocycles. The van der Waals surface area contributed by atoms with Crippen molar-refractivity contribution in [3.05, 3.63) is 65.0 Å². The molecule has 146 valence electrons. The van der Waals surface area contributed by atoms with Gasteiger partial charge in [-0.15, -0.1) is 0 Å². The molecule has 5 nitrogen and oxygen atoms in total. The van der Waals surface area contributed by atoms with Crippen molar-refractivity contribution in [2.75, 3.05) is 32.8 Å². The number of nitrogens with one attached hydrogen (secondary N) is 1. The van der Waals surface area contributed by atoms with Gasteiger partial charge in [-0.2, -0.15) is 0 Å². The fourth-order valence-corrected chi connectivity index (χ4v) is 4.66. The van der Waals surface area contributed by atoms with Gasteiger partial charge in [0.2, 0.25) is 10.0 Å². The largest absolute Gasteiger partial charge is 0.379 e. The average Bonchev–Trinajstić information content (AvgIpc) is 2.66. The third kappa shape index (κ3) is 4.93. The van der Waals surface area contributed by atoms with E-state index in [0.717, 1.165) is 11.1 Å². The van der Waals surface area contributed by atoms with E-state index in [1.807, 2.05) is 19.1 Å². The molecule has 1 N–H and O–H groups in total. The van der Waals surface area contributed by atoms with Crippen LogP contribution in [-0.4, -0.2) is 46.2 Å². The summed E-state index contributed by atoms with van der Waals surface area (Å²) >= 11 is 0. The fourth-order valence-electron chi connectivity index (χ4n) is 3.30. The third-order valence-electron chi connectivity index (χ3n) is 4.84. The minimum absolute atomic E-state index is 0.186. The maximum atomic E-state index is 13.3. The molecule has 1 fully saturated rings. The van der Waals surface area contributed by atoms with E-state index in [4.69, 9.17) is 4.74 Å². The minimum atomic E-state index is -3.65. The van der Waals surface area contributed by atoms with Crippen molar-refractivity contribution in [3.63, 3.8) is 0 Å². The quantitative estimate of drug-likeness (QED) is 0.821. The highest BCUT2D eigenvalue weighted by molar-refractivity contribution is 7.89. The van der Waals surface area contributed by atoms with Crippen molar-refractivity contribution in [2.24, 2.45) is 0 Å². The molecule has 0 aliphatic carbocycles. The number of nitrogens with zero attached hydrogens (tertiary/aromatic N) is 1. The summed E-state index contributed by atoms with van der Waals surface area (Å²) in [6.07, 6.45) is 0. The zero-order chi connectivity index (χ0) is 19.4. The summed E-state index contributed by atoms with van der Waals surface area (Å²) in [4.78, 5) is 2.46. The summed E-state index contributed by atoms with van der Waals surface area (Å²) in [5.41, 5.74) is 2.48. The first-order chi connectivity index (χ1) is 12.9. The zero-order valence-electron chi connectivity index (χ0n) is 15.6. The Hall–Kier alpha value is -1.80. The first-order valence-electron chi connectivity index (χ1n) is 9.01. The molecule has 0 aromatic heterocycles. The van der Waals surface area contributed by atoms with Gasteiger partial charge in [0.05, 0.1) is 18.1 Å². The normalized spacial score (nSPS) is 17.0. The van der Waals surface area contributed by atoms with Crippen LogP contribution in [0.25, 0.3) is 0 Å². The molecule has 27 heavy (non-hydrogen) atoms. The maximum absolute atomic E-state index is 13.3. The molecule has 7 heteroatoms. The van der Waals surface area contributed by atoms with Gasteiger partial charge in [-0.25, -0.2) is 17.5 Å². The highest BCUT2D eigenvalue weighted by Crippen LogP contribution is 2.23. The van der Waals surface area contributed by atoms with Gasteiger partial charge >= 0.3 is 0 Å². The van der Waals surface area contributed by atoms with Crippen LogP contribution in [0.5, 0.6) is 0 Å². The number of sulfonamides is 1. The van der Waals surface area contributed by atoms with Gasteiger partial charge in [-0.1, -0.05) is 24.3 Å². The molecule has 3 rings (SSSR count). The highest BCUT2D eigenvalue weighted by atomic mass is 32.2. The molecule has 1 saturated heterocycles. The van der Waals surface area contributed by atoms with Crippen LogP contribution in [0.4, 0.5) is 4.39 Å². The van der Waals surface area contributed by atoms with E-state index < -0.39 is 10.0 Å². The van der Waals surface area contributed by atoms with E-state index in [9.17, 15) is 12.8 Å². The summed E-state index contributed by atoms with van der Waals surface area (Å²) in [5.74, 6) is -0.310. The van der Waals surface area contributed by atoms with Crippen molar-refractivity contribution in [3.8, 4) is 0 Å². The van der Waals surface area contributed by atoms with Gasteiger partial charge in [0.1, 0.15) is 5.82 Å². The lowest BCUT2D eigenvalue weighted by atomic mass is 10.0. The molecule has 1 aliphatic rings. The molecule has 0 spiro atoms. The second kappa shape index (κ2) is 8.48. The Morgan fingerprint density at radius 3 is 2.44 bits per heavy atom. The minimum Gasteiger partial charge on any atom is -0.379 e. The molecule has 2 aromatic carbocycles. The Labute approximate surface area is 160 Å². The molecule has 0 unspecified atom stereocenters. The Balaban J connectivity index is 1.83. The number of ether oxygens (including phenoxy) is 1. The van der Waals surface area contributed by atoms with Gasteiger partial charge in [-0.05, 0) is 48.7 Å². The van der Waals surface area contributed by atoms with E-state index in [1.54, 1.807) is 25.1 Å². The summed E-state index contributed by atoms with van der Waals surface area (Å²) in [7, 11) is -3.65. The topological polar surface area (TPSA) is 58.6 Å². The second-order valence-electron chi connectivity index (χ2n) is 6.84. The molecule has 1 atom stereocenters. The number of hydrogen-bond donors (Lipinski definition) is 1. The smallest absolute Gasteiger partial charge is 0.240 e. The van der Waals surface area contributed by atoms with E-state index in [1.165, 1.54) is 12.1 Å². The van der Waals surface area contributed by atoms with Crippen LogP contribution in [0, 0.1) is 19.7 Å². The van der Waals surface area contributed by atoms with Crippen LogP contribution < -0.4 is 4.72 Å². The summed E-state index contributed by atoms with van der Waals surface area (Å²) in [5, 5.41) is 0. The van der Waals surface area contributed by atoms with Crippen LogP contribution in [0.3, 0.4) is 0 Å². The molecular formula is C20H25FN2O3S. The van der Waals surface area contributed by atoms with Crippen molar-refractivity contribution in [2.45, 2.75) is 24.8 Å². The van der Waals surface area contributed by atoms with Gasteiger partial charge < -0.3 is 4.74 Å². The van der Waals surface area contributed by atoms with Crippen LogP contribution in [-0.2, 0) is 14.8 Å². The van der Waals surface area contributed by atoms with Gasteiger partial charge in [0.15, 0.2) is 0 Å². The standard InChI is InChI=1S/C20H25FN2O3S/c1-15-3-4-16(2)20(13-15)27(24,25)22-14-19(23-9-11-26-12-10-23)17-5-7-18(21)8-6-17/h3-8,13,19,22H,9-12,14H2,1-2H3/t19-/m0/s1. The van der Waals surface area contributed by atoms with Crippen LogP contribution in [0.1, 0.15) is 22.7 Å². The fraction of sp³-hybridized carbons (Fsp3) is 0.400. The molecule has 0 saturated carbocycles. The summed E-state index contributed by atoms with van der Waals surface area (Å²) in [6, 6.07) is 11.4. The highest BCUT2D eigenvalue weighted by Gasteiger charge is 2.25. The number of halogens is 1. The van der Waals surface area contributed by atoms with Gasteiger partial charge in [0, 0.05) is 25.7 Å². The predicted octanol–water partition coefficient (Wildman–Crippen LogP) is 2.79. The Bertz CT molecular complexity index is 879. The lowest BCUT2D eigenvalue weighted by molar-refractivity contribution is 0.0172. The number of aryl methyl sites for hydroxylation is 2. The van der Waals surface area contributed by atoms with Crippen molar-refractivity contribution < 1.29 is 17.5 Å². The van der Waals surface area contributed by atoms with E-state index >= 15 is 0 Å². The van der Waals surface area contributed by atoms with E-state index in [2.05, 4.69) is 9.62 Å². The zero-order valence-corrected chi connectivity index (χ0v) is 16.4. The van der Waals surface area contributed by atoms with E-state index in [0.29, 0.717) is 36.8 Å². The molecular weight excluding hydrogens is 367 g/mol. The molecule has 2 aromatic rings. The first-order valence-corrected chi connectivity index (χ1v) is 10.5. The summed E-state index contributed by atoms with van der Waals surface area (Å²) in [6.45, 7) is 6.46. The van der Waals surface area contributed by atoms with Crippen molar-refractivity contribution in [1.29, 1.82) is 0 Å². The van der Waals surface area contributed by atoms with Crippen LogP contribution in [0.15, 0.2) is 47.4 Å². The third-order valence-corrected chi connectivity index (χ3v) is 6.41. The average molecular weight is 392 g/mol. The monoisotopic (exact) mass is 392 g/mol. The SMILES string of the molecule is Cc1ccc(C)c(S(=O)(=O)NC[C@@H](c2ccc(F)cc2)N2CCOCC2)c1. The summed E-state index contributed by atoms with van der Waals surface area (Å²) < 4.78 is 47.2. The van der Waals surface area contributed by atoms with Crippen LogP contribution in [0.2, 0.25) is 0 Å². The maximum Gasteiger partial charge on any atom is 0.240 e. The van der Waals surface area contributed by atoms with Gasteiger partial charge in [0.25, 0.3) is 0 Å². The second-order valence-corrected chi connectivity index (χ2v) is 8.57. The molecule has 0 bridgehead atoms. The molecule has 0 amide bonds. The molecule has 0 radical (unpaired) electrons. The lowest BCUT2D eigenvalue weighted by Crippen LogP contribution is -2.43. The number of rotatable bonds is 6. The van der Waals surface area contributed by atoms with E-state index in [-0.39, 0.29) is 18.4 Å². The van der Waals surface area contributed by atoms with Crippen molar-refractivity contribution >= 4 is 10.0 Å². The number of morpholine rings is 1. The lowest BCUT2D eigenvalue weighted by Gasteiger charge is -2.35. The van der Waals surface area contributed by atoms with Gasteiger partial charge in [-0.3, -0.25) is 4.90 Å². The number of hydrogen-bond acceptors (Lipinski definition) is 4. The Kier molecular flexibility index (Phi) is 6.26. The van der Waals surface area contributed by atoms with Crippen LogP contribution >= 0.6 is 0 Å².